The first-order valence-electron chi connectivity index (χ1n) is 13.6. The van der Waals surface area contributed by atoms with Crippen molar-refractivity contribution in [2.75, 3.05) is 33.2 Å². The number of aromatic nitrogens is 2. The zero-order valence-corrected chi connectivity index (χ0v) is 23.3. The van der Waals surface area contributed by atoms with Crippen LogP contribution in [-0.4, -0.2) is 60.4 Å². The molecule has 2 N–H and O–H groups in total. The molecule has 198 valence electrons. The summed E-state index contributed by atoms with van der Waals surface area (Å²) >= 11 is 0. The standard InChI is InChI=1S/C30H42N6O/c1-8-33-14-11-27(37)35-15-12-22(13-16-35)23-9-10-26-24(17-23)28(19(2)3)29(34-26)25-18-36(32-7)30(31-6)21(5)20(25)4/h9-10,17-19,22,33-34H,7-8,11-16H2,1-6H3/b31-30-. The van der Waals surface area contributed by atoms with E-state index in [0.29, 0.717) is 18.3 Å². The zero-order valence-electron chi connectivity index (χ0n) is 23.3. The van der Waals surface area contributed by atoms with Crippen molar-refractivity contribution in [3.8, 4) is 11.3 Å². The number of H-pyrrole nitrogens is 1. The quantitative estimate of drug-likeness (QED) is 0.333. The van der Waals surface area contributed by atoms with Crippen LogP contribution in [0, 0.1) is 13.8 Å². The summed E-state index contributed by atoms with van der Waals surface area (Å²) in [7, 11) is 1.79. The number of hydrogen-bond acceptors (Lipinski definition) is 4. The number of pyridine rings is 1. The van der Waals surface area contributed by atoms with Gasteiger partial charge in [-0.2, -0.15) is 5.10 Å². The second-order valence-corrected chi connectivity index (χ2v) is 10.5. The van der Waals surface area contributed by atoms with Gasteiger partial charge in [-0.3, -0.25) is 9.79 Å². The monoisotopic (exact) mass is 502 g/mol. The summed E-state index contributed by atoms with van der Waals surface area (Å²) in [5.41, 5.74) is 9.24. The molecule has 7 heteroatoms. The SMILES string of the molecule is C=Nn1cc(-c2[nH]c3ccc(C4CCN(C(=O)CCNCC)CC4)cc3c2C(C)C)c(C)c(C)/c1=N/C. The Balaban J connectivity index is 1.67. The average molecular weight is 503 g/mol. The van der Waals surface area contributed by atoms with Crippen LogP contribution in [-0.2, 0) is 4.79 Å². The van der Waals surface area contributed by atoms with Gasteiger partial charge in [0.25, 0.3) is 0 Å². The summed E-state index contributed by atoms with van der Waals surface area (Å²) in [6.45, 7) is 17.9. The number of rotatable bonds is 8. The number of likely N-dealkylation sites (tertiary alicyclic amines) is 1. The van der Waals surface area contributed by atoms with Gasteiger partial charge in [-0.05, 0) is 79.5 Å². The number of fused-ring (bicyclic) bond motifs is 1. The number of benzene rings is 1. The van der Waals surface area contributed by atoms with Crippen LogP contribution in [0.2, 0.25) is 0 Å². The third-order valence-corrected chi connectivity index (χ3v) is 7.93. The Bertz CT molecular complexity index is 1350. The fraction of sp³-hybridized carbons (Fsp3) is 0.500. The molecule has 0 unspecified atom stereocenters. The summed E-state index contributed by atoms with van der Waals surface area (Å²) in [6, 6.07) is 6.88. The van der Waals surface area contributed by atoms with Crippen LogP contribution in [0.4, 0.5) is 0 Å². The minimum Gasteiger partial charge on any atom is -0.354 e. The van der Waals surface area contributed by atoms with Crippen molar-refractivity contribution < 1.29 is 4.79 Å². The van der Waals surface area contributed by atoms with Crippen molar-refractivity contribution in [3.05, 3.63) is 52.1 Å². The molecule has 4 rings (SSSR count). The molecular formula is C30H42N6O. The molecule has 1 aliphatic rings. The van der Waals surface area contributed by atoms with Crippen LogP contribution < -0.4 is 10.8 Å². The van der Waals surface area contributed by atoms with E-state index in [2.05, 4.69) is 79.9 Å². The van der Waals surface area contributed by atoms with Crippen molar-refractivity contribution in [2.24, 2.45) is 10.1 Å². The van der Waals surface area contributed by atoms with E-state index in [9.17, 15) is 4.79 Å². The van der Waals surface area contributed by atoms with E-state index < -0.39 is 0 Å². The largest absolute Gasteiger partial charge is 0.354 e. The highest BCUT2D eigenvalue weighted by molar-refractivity contribution is 5.92. The van der Waals surface area contributed by atoms with Crippen LogP contribution in [0.25, 0.3) is 22.2 Å². The van der Waals surface area contributed by atoms with Gasteiger partial charge in [0.1, 0.15) is 0 Å². The molecule has 1 amide bonds. The van der Waals surface area contributed by atoms with Gasteiger partial charge in [0.05, 0.1) is 5.69 Å². The zero-order chi connectivity index (χ0) is 26.7. The molecule has 1 fully saturated rings. The molecule has 0 bridgehead atoms. The Kier molecular flexibility index (Phi) is 8.32. The van der Waals surface area contributed by atoms with E-state index in [1.165, 1.54) is 22.1 Å². The van der Waals surface area contributed by atoms with Gasteiger partial charge < -0.3 is 15.2 Å². The molecule has 0 aliphatic carbocycles. The predicted molar refractivity (Wildman–Crippen MR) is 153 cm³/mol. The molecule has 7 nitrogen and oxygen atoms in total. The molecule has 0 atom stereocenters. The number of aromatic amines is 1. The van der Waals surface area contributed by atoms with Gasteiger partial charge in [-0.25, -0.2) is 4.68 Å². The number of carbonyl (C=O) groups excluding carboxylic acids is 1. The van der Waals surface area contributed by atoms with E-state index in [1.807, 2.05) is 11.1 Å². The third kappa shape index (κ3) is 5.28. The van der Waals surface area contributed by atoms with Crippen molar-refractivity contribution in [3.63, 3.8) is 0 Å². The minimum atomic E-state index is 0.269. The van der Waals surface area contributed by atoms with E-state index in [1.54, 1.807) is 11.7 Å². The first-order valence-corrected chi connectivity index (χ1v) is 13.6. The molecule has 1 saturated heterocycles. The number of hydrogen-bond donors (Lipinski definition) is 2. The van der Waals surface area contributed by atoms with E-state index in [4.69, 9.17) is 0 Å². The Morgan fingerprint density at radius 2 is 1.95 bits per heavy atom. The fourth-order valence-corrected chi connectivity index (χ4v) is 5.74. The Morgan fingerprint density at radius 3 is 2.57 bits per heavy atom. The molecule has 0 saturated carbocycles. The molecule has 3 heterocycles. The Hall–Kier alpha value is -3.19. The van der Waals surface area contributed by atoms with Gasteiger partial charge in [0.2, 0.25) is 5.91 Å². The molecule has 1 aliphatic heterocycles. The topological polar surface area (TPSA) is 77.8 Å². The molecule has 0 radical (unpaired) electrons. The Morgan fingerprint density at radius 1 is 1.22 bits per heavy atom. The lowest BCUT2D eigenvalue weighted by atomic mass is 9.87. The molecule has 3 aromatic rings. The van der Waals surface area contributed by atoms with Crippen LogP contribution in [0.15, 0.2) is 34.5 Å². The summed E-state index contributed by atoms with van der Waals surface area (Å²) in [5, 5.41) is 8.74. The maximum Gasteiger partial charge on any atom is 0.223 e. The first kappa shape index (κ1) is 26.9. The number of carbonyl (C=O) groups is 1. The number of piperidine rings is 1. The molecule has 0 spiro atoms. The minimum absolute atomic E-state index is 0.269. The second-order valence-electron chi connectivity index (χ2n) is 10.5. The smallest absolute Gasteiger partial charge is 0.223 e. The van der Waals surface area contributed by atoms with Crippen LogP contribution >= 0.6 is 0 Å². The van der Waals surface area contributed by atoms with Gasteiger partial charge in [-0.15, -0.1) is 0 Å². The van der Waals surface area contributed by atoms with Gasteiger partial charge in [0, 0.05) is 62.5 Å². The van der Waals surface area contributed by atoms with E-state index in [-0.39, 0.29) is 5.91 Å². The van der Waals surface area contributed by atoms with Crippen molar-refractivity contribution in [1.29, 1.82) is 0 Å². The summed E-state index contributed by atoms with van der Waals surface area (Å²) in [4.78, 5) is 22.7. The number of nitrogens with one attached hydrogen (secondary N) is 2. The summed E-state index contributed by atoms with van der Waals surface area (Å²) in [6.07, 6.45) is 4.65. The van der Waals surface area contributed by atoms with Crippen LogP contribution in [0.5, 0.6) is 0 Å². The molecule has 1 aromatic carbocycles. The summed E-state index contributed by atoms with van der Waals surface area (Å²) in [5.74, 6) is 1.09. The molecule has 37 heavy (non-hydrogen) atoms. The molecule has 2 aromatic heterocycles. The van der Waals surface area contributed by atoms with Crippen LogP contribution in [0.3, 0.4) is 0 Å². The van der Waals surface area contributed by atoms with Gasteiger partial charge in [-0.1, -0.05) is 26.8 Å². The third-order valence-electron chi connectivity index (χ3n) is 7.93. The maximum absolute atomic E-state index is 12.5. The molecular weight excluding hydrogens is 460 g/mol. The normalized spacial score (nSPS) is 15.2. The maximum atomic E-state index is 12.5. The second kappa shape index (κ2) is 11.5. The van der Waals surface area contributed by atoms with E-state index in [0.717, 1.165) is 66.8 Å². The lowest BCUT2D eigenvalue weighted by Gasteiger charge is -2.32. The Labute approximate surface area is 220 Å². The van der Waals surface area contributed by atoms with E-state index >= 15 is 0 Å². The predicted octanol–water partition coefficient (Wildman–Crippen LogP) is 5.08. The average Bonchev–Trinajstić information content (AvgIpc) is 3.29. The van der Waals surface area contributed by atoms with Crippen molar-refractivity contribution in [1.82, 2.24) is 19.9 Å². The summed E-state index contributed by atoms with van der Waals surface area (Å²) < 4.78 is 1.77. The fourth-order valence-electron chi connectivity index (χ4n) is 5.74. The first-order chi connectivity index (χ1) is 17.8. The number of amides is 1. The van der Waals surface area contributed by atoms with Crippen molar-refractivity contribution >= 4 is 23.5 Å². The highest BCUT2D eigenvalue weighted by atomic mass is 16.2. The number of nitrogens with zero attached hydrogens (tertiary/aromatic N) is 4. The van der Waals surface area contributed by atoms with Crippen molar-refractivity contribution in [2.45, 2.75) is 65.7 Å². The van der Waals surface area contributed by atoms with Gasteiger partial charge in [0.15, 0.2) is 5.49 Å². The highest BCUT2D eigenvalue weighted by Crippen LogP contribution is 2.39. The lowest BCUT2D eigenvalue weighted by molar-refractivity contribution is -0.132. The lowest BCUT2D eigenvalue weighted by Crippen LogP contribution is -2.39. The van der Waals surface area contributed by atoms with Crippen LogP contribution in [0.1, 0.15) is 74.1 Å². The highest BCUT2D eigenvalue weighted by Gasteiger charge is 2.25. The van der Waals surface area contributed by atoms with Gasteiger partial charge >= 0.3 is 0 Å².